The molecular weight excluding hydrogens is 202 g/mol. The summed E-state index contributed by atoms with van der Waals surface area (Å²) in [5, 5.41) is 12.4. The summed E-state index contributed by atoms with van der Waals surface area (Å²) < 4.78 is 0. The van der Waals surface area contributed by atoms with Crippen LogP contribution in [-0.4, -0.2) is 30.8 Å². The van der Waals surface area contributed by atoms with Gasteiger partial charge in [0.15, 0.2) is 5.96 Å². The lowest BCUT2D eigenvalue weighted by atomic mass is 9.87. The summed E-state index contributed by atoms with van der Waals surface area (Å²) in [5.41, 5.74) is 6.74. The molecule has 0 aromatic rings. The topological polar surface area (TPSA) is 70.6 Å². The molecule has 0 saturated heterocycles. The molecule has 0 aromatic heterocycles. The molecule has 0 atom stereocenters. The maximum atomic E-state index is 9.40. The van der Waals surface area contributed by atoms with Crippen molar-refractivity contribution in [2.45, 2.75) is 32.6 Å². The number of nitrogens with one attached hydrogen (secondary N) is 1. The first-order chi connectivity index (χ1) is 7.58. The van der Waals surface area contributed by atoms with E-state index in [-0.39, 0.29) is 12.0 Å². The Balaban J connectivity index is 2.40. The van der Waals surface area contributed by atoms with Gasteiger partial charge in [-0.3, -0.25) is 4.99 Å². The maximum Gasteiger partial charge on any atom is 0.188 e. The predicted octanol–water partition coefficient (Wildman–Crippen LogP) is 1.02. The molecule has 0 spiro atoms. The number of aliphatic imine (C=N–C) groups is 1. The Morgan fingerprint density at radius 3 is 2.62 bits per heavy atom. The molecule has 0 radical (unpaired) electrons. The molecule has 1 aliphatic carbocycles. The van der Waals surface area contributed by atoms with E-state index in [1.807, 2.05) is 6.92 Å². The van der Waals surface area contributed by atoms with Crippen LogP contribution in [0.4, 0.5) is 0 Å². The largest absolute Gasteiger partial charge is 0.396 e. The Morgan fingerprint density at radius 1 is 1.50 bits per heavy atom. The fourth-order valence-corrected chi connectivity index (χ4v) is 2.04. The van der Waals surface area contributed by atoms with E-state index in [1.54, 1.807) is 0 Å². The standard InChI is InChI=1S/C12H23N3O/c1-10(2)7-14-11(13)15-8-12(9-16)5-3-4-6-12/h16H,1,3-9H2,2H3,(H3,13,14,15). The van der Waals surface area contributed by atoms with Crippen molar-refractivity contribution in [1.29, 1.82) is 0 Å². The molecular formula is C12H23N3O. The first-order valence-electron chi connectivity index (χ1n) is 5.87. The van der Waals surface area contributed by atoms with Gasteiger partial charge in [-0.2, -0.15) is 0 Å². The van der Waals surface area contributed by atoms with Gasteiger partial charge in [-0.15, -0.1) is 0 Å². The third kappa shape index (κ3) is 3.85. The number of hydrogen-bond donors (Lipinski definition) is 3. The predicted molar refractivity (Wildman–Crippen MR) is 67.3 cm³/mol. The van der Waals surface area contributed by atoms with Crippen molar-refractivity contribution in [3.8, 4) is 0 Å². The highest BCUT2D eigenvalue weighted by Crippen LogP contribution is 2.37. The Bertz CT molecular complexity index is 267. The first-order valence-corrected chi connectivity index (χ1v) is 5.87. The van der Waals surface area contributed by atoms with E-state index in [9.17, 15) is 5.11 Å². The molecule has 4 N–H and O–H groups in total. The van der Waals surface area contributed by atoms with Crippen LogP contribution in [0.1, 0.15) is 32.6 Å². The number of nitrogens with two attached hydrogens (primary N) is 1. The Kier molecular flexibility index (Phi) is 4.80. The normalized spacial score (nSPS) is 19.8. The minimum Gasteiger partial charge on any atom is -0.396 e. The zero-order valence-corrected chi connectivity index (χ0v) is 10.1. The zero-order chi connectivity index (χ0) is 12.0. The average Bonchev–Trinajstić information content (AvgIpc) is 2.73. The van der Waals surface area contributed by atoms with E-state index >= 15 is 0 Å². The lowest BCUT2D eigenvalue weighted by Gasteiger charge is -2.24. The van der Waals surface area contributed by atoms with Crippen molar-refractivity contribution in [1.82, 2.24) is 5.32 Å². The third-order valence-corrected chi connectivity index (χ3v) is 3.16. The van der Waals surface area contributed by atoms with Gasteiger partial charge in [0, 0.05) is 12.0 Å². The summed E-state index contributed by atoms with van der Waals surface area (Å²) in [6.07, 6.45) is 4.49. The summed E-state index contributed by atoms with van der Waals surface area (Å²) in [6.45, 7) is 7.21. The molecule has 0 unspecified atom stereocenters. The number of nitrogens with zero attached hydrogens (tertiary/aromatic N) is 1. The van der Waals surface area contributed by atoms with Gasteiger partial charge in [-0.05, 0) is 19.8 Å². The quantitative estimate of drug-likeness (QED) is 0.372. The van der Waals surface area contributed by atoms with Crippen molar-refractivity contribution >= 4 is 5.96 Å². The molecule has 4 nitrogen and oxygen atoms in total. The van der Waals surface area contributed by atoms with Crippen molar-refractivity contribution < 1.29 is 5.11 Å². The number of hydrogen-bond acceptors (Lipinski definition) is 2. The van der Waals surface area contributed by atoms with E-state index in [4.69, 9.17) is 5.73 Å². The van der Waals surface area contributed by atoms with E-state index in [0.29, 0.717) is 19.0 Å². The molecule has 1 fully saturated rings. The van der Waals surface area contributed by atoms with Gasteiger partial charge in [-0.25, -0.2) is 0 Å². The third-order valence-electron chi connectivity index (χ3n) is 3.16. The second kappa shape index (κ2) is 5.89. The molecule has 0 heterocycles. The van der Waals surface area contributed by atoms with E-state index in [1.165, 1.54) is 12.8 Å². The molecule has 1 rings (SSSR count). The molecule has 0 aromatic carbocycles. The van der Waals surface area contributed by atoms with Crippen LogP contribution in [0.5, 0.6) is 0 Å². The SMILES string of the molecule is C=C(C)CNC(N)=NCC1(CO)CCCC1. The van der Waals surface area contributed by atoms with Crippen LogP contribution < -0.4 is 11.1 Å². The van der Waals surface area contributed by atoms with Crippen molar-refractivity contribution in [2.75, 3.05) is 19.7 Å². The Labute approximate surface area is 97.6 Å². The summed E-state index contributed by atoms with van der Waals surface area (Å²) in [6, 6.07) is 0. The first kappa shape index (κ1) is 13.0. The molecule has 0 aliphatic heterocycles. The number of aliphatic hydroxyl groups excluding tert-OH is 1. The van der Waals surface area contributed by atoms with Crippen LogP contribution in [0.25, 0.3) is 0 Å². The smallest absolute Gasteiger partial charge is 0.188 e. The highest BCUT2D eigenvalue weighted by molar-refractivity contribution is 5.78. The number of rotatable bonds is 5. The van der Waals surface area contributed by atoms with Crippen LogP contribution in [0, 0.1) is 5.41 Å². The van der Waals surface area contributed by atoms with Crippen LogP contribution in [0.2, 0.25) is 0 Å². The molecule has 0 amide bonds. The van der Waals surface area contributed by atoms with Crippen LogP contribution in [-0.2, 0) is 0 Å². The van der Waals surface area contributed by atoms with Crippen LogP contribution in [0.3, 0.4) is 0 Å². The number of guanidine groups is 1. The van der Waals surface area contributed by atoms with E-state index < -0.39 is 0 Å². The molecule has 92 valence electrons. The Morgan fingerprint density at radius 2 is 2.12 bits per heavy atom. The lowest BCUT2D eigenvalue weighted by Crippen LogP contribution is -2.35. The second-order valence-corrected chi connectivity index (χ2v) is 4.88. The molecule has 4 heteroatoms. The summed E-state index contributed by atoms with van der Waals surface area (Å²) in [5.74, 6) is 0.447. The summed E-state index contributed by atoms with van der Waals surface area (Å²) in [7, 11) is 0. The van der Waals surface area contributed by atoms with Gasteiger partial charge >= 0.3 is 0 Å². The minimum absolute atomic E-state index is 0.0183. The maximum absolute atomic E-state index is 9.40. The van der Waals surface area contributed by atoms with Crippen LogP contribution >= 0.6 is 0 Å². The van der Waals surface area contributed by atoms with Gasteiger partial charge in [0.2, 0.25) is 0 Å². The molecule has 1 saturated carbocycles. The van der Waals surface area contributed by atoms with Crippen molar-refractivity contribution in [3.63, 3.8) is 0 Å². The molecule has 0 bridgehead atoms. The van der Waals surface area contributed by atoms with Gasteiger partial charge in [0.25, 0.3) is 0 Å². The molecule has 16 heavy (non-hydrogen) atoms. The zero-order valence-electron chi connectivity index (χ0n) is 10.1. The van der Waals surface area contributed by atoms with Crippen molar-refractivity contribution in [3.05, 3.63) is 12.2 Å². The monoisotopic (exact) mass is 225 g/mol. The lowest BCUT2D eigenvalue weighted by molar-refractivity contribution is 0.138. The van der Waals surface area contributed by atoms with E-state index in [0.717, 1.165) is 18.4 Å². The number of aliphatic hydroxyl groups is 1. The van der Waals surface area contributed by atoms with Crippen LogP contribution in [0.15, 0.2) is 17.1 Å². The van der Waals surface area contributed by atoms with Gasteiger partial charge in [0.1, 0.15) is 0 Å². The fraction of sp³-hybridized carbons (Fsp3) is 0.750. The minimum atomic E-state index is -0.0183. The highest BCUT2D eigenvalue weighted by atomic mass is 16.3. The highest BCUT2D eigenvalue weighted by Gasteiger charge is 2.32. The van der Waals surface area contributed by atoms with Crippen molar-refractivity contribution in [2.24, 2.45) is 16.1 Å². The average molecular weight is 225 g/mol. The summed E-state index contributed by atoms with van der Waals surface area (Å²) in [4.78, 5) is 4.30. The Hall–Kier alpha value is -1.03. The fourth-order valence-electron chi connectivity index (χ4n) is 2.04. The molecule has 1 aliphatic rings. The summed E-state index contributed by atoms with van der Waals surface area (Å²) >= 11 is 0. The van der Waals surface area contributed by atoms with Gasteiger partial charge < -0.3 is 16.2 Å². The van der Waals surface area contributed by atoms with Gasteiger partial charge in [-0.1, -0.05) is 25.0 Å². The second-order valence-electron chi connectivity index (χ2n) is 4.88. The van der Waals surface area contributed by atoms with Gasteiger partial charge in [0.05, 0.1) is 13.2 Å². The van der Waals surface area contributed by atoms with E-state index in [2.05, 4.69) is 16.9 Å².